The smallest absolute Gasteiger partial charge is 0.0104 e. The van der Waals surface area contributed by atoms with Crippen LogP contribution in [0.2, 0.25) is 0 Å². The maximum atomic E-state index is 2.35. The molecule has 0 N–H and O–H groups in total. The van der Waals surface area contributed by atoms with E-state index >= 15 is 0 Å². The molecule has 0 spiro atoms. The van der Waals surface area contributed by atoms with E-state index in [-0.39, 0.29) is 0 Å². The molecule has 2 atom stereocenters. The van der Waals surface area contributed by atoms with Crippen molar-refractivity contribution in [3.63, 3.8) is 0 Å². The summed E-state index contributed by atoms with van der Waals surface area (Å²) in [4.78, 5) is 0. The second-order valence-electron chi connectivity index (χ2n) is 3.02. The highest BCUT2D eigenvalue weighted by Crippen LogP contribution is 2.38. The van der Waals surface area contributed by atoms with E-state index in [0.29, 0.717) is 0 Å². The fourth-order valence-corrected chi connectivity index (χ4v) is 2.43. The molecule has 0 amide bonds. The van der Waals surface area contributed by atoms with Crippen LogP contribution >= 0.6 is 11.8 Å². The first-order valence-corrected chi connectivity index (χ1v) is 4.38. The Bertz CT molecular complexity index is 73.7. The summed E-state index contributed by atoms with van der Waals surface area (Å²) in [5.74, 6) is 3.27. The van der Waals surface area contributed by atoms with Gasteiger partial charge in [0.2, 0.25) is 0 Å². The highest BCUT2D eigenvalue weighted by Gasteiger charge is 2.29. The van der Waals surface area contributed by atoms with Crippen LogP contribution in [0, 0.1) is 11.8 Å². The van der Waals surface area contributed by atoms with Crippen LogP contribution in [0.3, 0.4) is 0 Å². The third kappa shape index (κ3) is 1.02. The van der Waals surface area contributed by atoms with Gasteiger partial charge in [0.05, 0.1) is 0 Å². The molecule has 1 saturated heterocycles. The minimum Gasteiger partial charge on any atom is -0.158 e. The predicted octanol–water partition coefficient (Wildman–Crippen LogP) is 2.39. The molecule has 1 heteroatoms. The molecule has 0 bridgehead atoms. The zero-order valence-electron chi connectivity index (χ0n) is 5.85. The molecule has 2 unspecified atom stereocenters. The van der Waals surface area contributed by atoms with Gasteiger partial charge in [0.15, 0.2) is 0 Å². The van der Waals surface area contributed by atoms with Gasteiger partial charge in [-0.3, -0.25) is 0 Å². The van der Waals surface area contributed by atoms with Crippen molar-refractivity contribution in [3.05, 3.63) is 0 Å². The van der Waals surface area contributed by atoms with E-state index in [1.165, 1.54) is 5.75 Å². The Labute approximate surface area is 56.0 Å². The number of hydrogen-bond donors (Lipinski definition) is 0. The molecule has 0 aliphatic carbocycles. The first kappa shape index (κ1) is 6.47. The number of rotatable bonds is 1. The summed E-state index contributed by atoms with van der Waals surface area (Å²) in [5.41, 5.74) is 0. The summed E-state index contributed by atoms with van der Waals surface area (Å²) in [5, 5.41) is 0.968. The second kappa shape index (κ2) is 2.30. The predicted molar refractivity (Wildman–Crippen MR) is 40.2 cm³/mol. The third-order valence-electron chi connectivity index (χ3n) is 1.77. The first-order valence-electron chi connectivity index (χ1n) is 3.33. The van der Waals surface area contributed by atoms with Crippen molar-refractivity contribution in [1.82, 2.24) is 0 Å². The van der Waals surface area contributed by atoms with Crippen molar-refractivity contribution in [1.29, 1.82) is 0 Å². The summed E-state index contributed by atoms with van der Waals surface area (Å²) in [6.07, 6.45) is 0. The van der Waals surface area contributed by atoms with Gasteiger partial charge < -0.3 is 0 Å². The van der Waals surface area contributed by atoms with E-state index in [1.54, 1.807) is 0 Å². The maximum absolute atomic E-state index is 2.35. The van der Waals surface area contributed by atoms with Gasteiger partial charge in [0.25, 0.3) is 0 Å². The average molecular weight is 130 g/mol. The Morgan fingerprint density at radius 2 is 2.12 bits per heavy atom. The summed E-state index contributed by atoms with van der Waals surface area (Å²) in [7, 11) is 0. The Morgan fingerprint density at radius 3 is 2.12 bits per heavy atom. The third-order valence-corrected chi connectivity index (χ3v) is 3.88. The van der Waals surface area contributed by atoms with Gasteiger partial charge in [0.1, 0.15) is 0 Å². The highest BCUT2D eigenvalue weighted by atomic mass is 32.2. The lowest BCUT2D eigenvalue weighted by atomic mass is 9.99. The van der Waals surface area contributed by atoms with Crippen LogP contribution in [0.5, 0.6) is 0 Å². The van der Waals surface area contributed by atoms with E-state index in [1.807, 2.05) is 0 Å². The first-order chi connectivity index (χ1) is 3.72. The Morgan fingerprint density at radius 1 is 1.50 bits per heavy atom. The highest BCUT2D eigenvalue weighted by molar-refractivity contribution is 8.01. The van der Waals surface area contributed by atoms with Crippen LogP contribution in [0.4, 0.5) is 0 Å². The summed E-state index contributed by atoms with van der Waals surface area (Å²) in [6.45, 7) is 6.97. The molecule has 0 radical (unpaired) electrons. The largest absolute Gasteiger partial charge is 0.158 e. The molecule has 0 aromatic rings. The SMILES string of the molecule is CC(C)C1SCC1C. The Kier molecular flexibility index (Phi) is 1.86. The molecule has 0 saturated carbocycles. The average Bonchev–Trinajstić information content (AvgIpc) is 1.61. The lowest BCUT2D eigenvalue weighted by Gasteiger charge is -2.36. The molecule has 1 aliphatic rings. The van der Waals surface area contributed by atoms with Crippen molar-refractivity contribution in [2.75, 3.05) is 5.75 Å². The van der Waals surface area contributed by atoms with Crippen molar-refractivity contribution in [3.8, 4) is 0 Å². The van der Waals surface area contributed by atoms with E-state index in [0.717, 1.165) is 17.1 Å². The summed E-state index contributed by atoms with van der Waals surface area (Å²) in [6, 6.07) is 0. The summed E-state index contributed by atoms with van der Waals surface area (Å²) >= 11 is 2.12. The quantitative estimate of drug-likeness (QED) is 0.525. The minimum absolute atomic E-state index is 0.892. The summed E-state index contributed by atoms with van der Waals surface area (Å²) < 4.78 is 0. The van der Waals surface area contributed by atoms with E-state index in [4.69, 9.17) is 0 Å². The van der Waals surface area contributed by atoms with Gasteiger partial charge in [-0.1, -0.05) is 20.8 Å². The molecule has 0 nitrogen and oxygen atoms in total. The zero-order valence-corrected chi connectivity index (χ0v) is 6.66. The van der Waals surface area contributed by atoms with Crippen LogP contribution < -0.4 is 0 Å². The van der Waals surface area contributed by atoms with Crippen LogP contribution in [0.1, 0.15) is 20.8 Å². The van der Waals surface area contributed by atoms with E-state index in [9.17, 15) is 0 Å². The normalized spacial score (nSPS) is 37.5. The van der Waals surface area contributed by atoms with Gasteiger partial charge in [-0.2, -0.15) is 11.8 Å². The maximum Gasteiger partial charge on any atom is 0.0104 e. The van der Waals surface area contributed by atoms with E-state index < -0.39 is 0 Å². The number of hydrogen-bond acceptors (Lipinski definition) is 1. The lowest BCUT2D eigenvalue weighted by Crippen LogP contribution is -2.32. The molecular weight excluding hydrogens is 116 g/mol. The van der Waals surface area contributed by atoms with Crippen molar-refractivity contribution < 1.29 is 0 Å². The second-order valence-corrected chi connectivity index (χ2v) is 4.23. The molecule has 8 heavy (non-hydrogen) atoms. The van der Waals surface area contributed by atoms with Crippen LogP contribution in [-0.4, -0.2) is 11.0 Å². The Balaban J connectivity index is 2.26. The molecule has 1 fully saturated rings. The van der Waals surface area contributed by atoms with Crippen LogP contribution in [-0.2, 0) is 0 Å². The van der Waals surface area contributed by atoms with Gasteiger partial charge in [0, 0.05) is 5.25 Å². The number of thioether (sulfide) groups is 1. The van der Waals surface area contributed by atoms with Gasteiger partial charge in [-0.25, -0.2) is 0 Å². The lowest BCUT2D eigenvalue weighted by molar-refractivity contribution is 0.462. The van der Waals surface area contributed by atoms with Gasteiger partial charge in [-0.15, -0.1) is 0 Å². The molecule has 48 valence electrons. The van der Waals surface area contributed by atoms with Crippen LogP contribution in [0.15, 0.2) is 0 Å². The van der Waals surface area contributed by atoms with Gasteiger partial charge >= 0.3 is 0 Å². The zero-order chi connectivity index (χ0) is 6.15. The van der Waals surface area contributed by atoms with Crippen molar-refractivity contribution in [2.24, 2.45) is 11.8 Å². The molecule has 0 aromatic heterocycles. The monoisotopic (exact) mass is 130 g/mol. The van der Waals surface area contributed by atoms with Crippen molar-refractivity contribution >= 4 is 11.8 Å². The van der Waals surface area contributed by atoms with Crippen molar-refractivity contribution in [2.45, 2.75) is 26.0 Å². The minimum atomic E-state index is 0.892. The topological polar surface area (TPSA) is 0 Å². The molecule has 1 aliphatic heterocycles. The molecular formula is C7H14S. The fraction of sp³-hybridized carbons (Fsp3) is 1.00. The standard InChI is InChI=1S/C7H14S/c1-5(2)7-6(3)4-8-7/h5-7H,4H2,1-3H3. The van der Waals surface area contributed by atoms with E-state index in [2.05, 4.69) is 32.5 Å². The molecule has 1 rings (SSSR count). The fourth-order valence-electron chi connectivity index (χ4n) is 1.25. The molecule has 0 aromatic carbocycles. The Hall–Kier alpha value is 0.350. The molecule has 1 heterocycles. The van der Waals surface area contributed by atoms with Gasteiger partial charge in [-0.05, 0) is 17.6 Å². The van der Waals surface area contributed by atoms with Crippen LogP contribution in [0.25, 0.3) is 0 Å².